The maximum absolute atomic E-state index is 12.1. The number of aryl methyl sites for hydroxylation is 1. The molecule has 21 heavy (non-hydrogen) atoms. The van der Waals surface area contributed by atoms with E-state index in [0.29, 0.717) is 17.2 Å². The zero-order chi connectivity index (χ0) is 15.6. The molecular formula is C17H21NO2S. The molecule has 0 bridgehead atoms. The molecule has 0 radical (unpaired) electrons. The van der Waals surface area contributed by atoms with Crippen LogP contribution in [0.4, 0.5) is 5.69 Å². The number of esters is 1. The van der Waals surface area contributed by atoms with Crippen molar-refractivity contribution in [2.45, 2.75) is 33.6 Å². The zero-order valence-corrected chi connectivity index (χ0v) is 13.7. The normalized spacial score (nSPS) is 10.9. The molecule has 0 aliphatic heterocycles. The number of carbonyl (C=O) groups is 1. The van der Waals surface area contributed by atoms with E-state index < -0.39 is 0 Å². The monoisotopic (exact) mass is 303 g/mol. The fourth-order valence-corrected chi connectivity index (χ4v) is 3.77. The van der Waals surface area contributed by atoms with Crippen LogP contribution in [0.15, 0.2) is 24.3 Å². The lowest BCUT2D eigenvalue weighted by Crippen LogP contribution is -2.06. The number of benzene rings is 1. The van der Waals surface area contributed by atoms with Gasteiger partial charge < -0.3 is 10.5 Å². The summed E-state index contributed by atoms with van der Waals surface area (Å²) in [6, 6.07) is 8.16. The number of ether oxygens (including phenoxy) is 1. The van der Waals surface area contributed by atoms with E-state index in [2.05, 4.69) is 32.9 Å². The van der Waals surface area contributed by atoms with Crippen molar-refractivity contribution >= 4 is 23.0 Å². The van der Waals surface area contributed by atoms with Crippen molar-refractivity contribution in [2.75, 3.05) is 12.3 Å². The molecule has 0 fully saturated rings. The number of hydrogen-bond donors (Lipinski definition) is 1. The maximum atomic E-state index is 12.1. The van der Waals surface area contributed by atoms with E-state index in [4.69, 9.17) is 10.5 Å². The highest BCUT2D eigenvalue weighted by atomic mass is 32.1. The summed E-state index contributed by atoms with van der Waals surface area (Å²) in [6.07, 6.45) is 0. The second-order valence-corrected chi connectivity index (χ2v) is 6.30. The van der Waals surface area contributed by atoms with Crippen molar-refractivity contribution in [1.82, 2.24) is 0 Å². The molecule has 1 heterocycles. The quantitative estimate of drug-likeness (QED) is 0.839. The van der Waals surface area contributed by atoms with Gasteiger partial charge in [-0.15, -0.1) is 11.3 Å². The van der Waals surface area contributed by atoms with Crippen molar-refractivity contribution in [3.05, 3.63) is 40.3 Å². The molecule has 3 nitrogen and oxygen atoms in total. The number of rotatable bonds is 4. The molecule has 2 aromatic rings. The molecule has 0 amide bonds. The third-order valence-corrected chi connectivity index (χ3v) is 4.65. The molecular weight excluding hydrogens is 282 g/mol. The fourth-order valence-electron chi connectivity index (χ4n) is 2.41. The molecule has 0 saturated heterocycles. The summed E-state index contributed by atoms with van der Waals surface area (Å²) in [5.74, 6) is -0.0826. The van der Waals surface area contributed by atoms with Crippen LogP contribution >= 0.6 is 11.3 Å². The summed E-state index contributed by atoms with van der Waals surface area (Å²) in [5.41, 5.74) is 10.1. The molecule has 1 aromatic carbocycles. The van der Waals surface area contributed by atoms with Gasteiger partial charge in [0.1, 0.15) is 4.88 Å². The van der Waals surface area contributed by atoms with Gasteiger partial charge in [-0.25, -0.2) is 4.79 Å². The third-order valence-electron chi connectivity index (χ3n) is 3.41. The third kappa shape index (κ3) is 2.95. The molecule has 0 saturated carbocycles. The van der Waals surface area contributed by atoms with Gasteiger partial charge in [0.05, 0.1) is 12.3 Å². The van der Waals surface area contributed by atoms with Gasteiger partial charge in [0.15, 0.2) is 0 Å². The van der Waals surface area contributed by atoms with Crippen LogP contribution in [-0.2, 0) is 4.74 Å². The molecule has 112 valence electrons. The highest BCUT2D eigenvalue weighted by Gasteiger charge is 2.24. The van der Waals surface area contributed by atoms with Crippen LogP contribution in [0, 0.1) is 6.92 Å². The van der Waals surface area contributed by atoms with Crippen LogP contribution in [0.25, 0.3) is 10.4 Å². The van der Waals surface area contributed by atoms with Gasteiger partial charge in [-0.3, -0.25) is 0 Å². The average molecular weight is 303 g/mol. The fraction of sp³-hybridized carbons (Fsp3) is 0.353. The Morgan fingerprint density at radius 1 is 1.33 bits per heavy atom. The molecule has 0 atom stereocenters. The van der Waals surface area contributed by atoms with Gasteiger partial charge in [-0.2, -0.15) is 0 Å². The Morgan fingerprint density at radius 2 is 2.00 bits per heavy atom. The second-order valence-electron chi connectivity index (χ2n) is 5.28. The van der Waals surface area contributed by atoms with E-state index in [-0.39, 0.29) is 11.9 Å². The lowest BCUT2D eigenvalue weighted by Gasteiger charge is -2.10. The van der Waals surface area contributed by atoms with E-state index >= 15 is 0 Å². The number of thiophene rings is 1. The first-order valence-electron chi connectivity index (χ1n) is 7.12. The van der Waals surface area contributed by atoms with E-state index in [1.54, 1.807) is 6.92 Å². The summed E-state index contributed by atoms with van der Waals surface area (Å²) >= 11 is 1.43. The number of nitrogens with two attached hydrogens (primary N) is 1. The van der Waals surface area contributed by atoms with Gasteiger partial charge >= 0.3 is 5.97 Å². The Hall–Kier alpha value is -1.81. The lowest BCUT2D eigenvalue weighted by atomic mass is 9.96. The smallest absolute Gasteiger partial charge is 0.350 e. The Morgan fingerprint density at radius 3 is 2.57 bits per heavy atom. The van der Waals surface area contributed by atoms with E-state index in [9.17, 15) is 4.79 Å². The minimum atomic E-state index is -0.332. The molecule has 2 rings (SSSR count). The predicted octanol–water partition coefficient (Wildman–Crippen LogP) is 4.61. The van der Waals surface area contributed by atoms with Crippen LogP contribution in [0.2, 0.25) is 0 Å². The van der Waals surface area contributed by atoms with Gasteiger partial charge in [0, 0.05) is 4.88 Å². The van der Waals surface area contributed by atoms with E-state index in [1.807, 2.05) is 12.1 Å². The highest BCUT2D eigenvalue weighted by Crippen LogP contribution is 2.43. The Kier molecular flexibility index (Phi) is 4.68. The van der Waals surface area contributed by atoms with Crippen LogP contribution in [0.3, 0.4) is 0 Å². The van der Waals surface area contributed by atoms with Crippen LogP contribution in [0.5, 0.6) is 0 Å². The maximum Gasteiger partial charge on any atom is 0.350 e. The Balaban J connectivity index is 2.63. The minimum absolute atomic E-state index is 0.249. The topological polar surface area (TPSA) is 52.3 Å². The molecule has 2 N–H and O–H groups in total. The first-order chi connectivity index (χ1) is 9.97. The van der Waals surface area contributed by atoms with Crippen LogP contribution in [0.1, 0.15) is 47.5 Å². The first kappa shape index (κ1) is 15.6. The number of anilines is 1. The summed E-state index contributed by atoms with van der Waals surface area (Å²) in [4.78, 5) is 13.7. The van der Waals surface area contributed by atoms with Gasteiger partial charge in [0.2, 0.25) is 0 Å². The summed E-state index contributed by atoms with van der Waals surface area (Å²) < 4.78 is 5.11. The molecule has 4 heteroatoms. The molecule has 0 spiro atoms. The Bertz CT molecular complexity index is 659. The number of nitrogen functional groups attached to an aromatic ring is 1. The molecule has 0 aliphatic carbocycles. The zero-order valence-electron chi connectivity index (χ0n) is 12.9. The Labute approximate surface area is 129 Å². The van der Waals surface area contributed by atoms with E-state index in [0.717, 1.165) is 16.0 Å². The predicted molar refractivity (Wildman–Crippen MR) is 88.9 cm³/mol. The largest absolute Gasteiger partial charge is 0.462 e. The summed E-state index contributed by atoms with van der Waals surface area (Å²) in [7, 11) is 0. The highest BCUT2D eigenvalue weighted by molar-refractivity contribution is 7.18. The summed E-state index contributed by atoms with van der Waals surface area (Å²) in [5, 5.41) is 0. The lowest BCUT2D eigenvalue weighted by molar-refractivity contribution is 0.0533. The summed E-state index contributed by atoms with van der Waals surface area (Å²) in [6.45, 7) is 8.41. The van der Waals surface area contributed by atoms with Crippen LogP contribution < -0.4 is 5.73 Å². The number of carbonyl (C=O) groups excluding carboxylic acids is 1. The SMILES string of the molecule is CCOC(=O)c1sc(-c2ccccc2C)c(C(C)C)c1N. The molecule has 0 aliphatic rings. The first-order valence-corrected chi connectivity index (χ1v) is 7.94. The minimum Gasteiger partial charge on any atom is -0.462 e. The van der Waals surface area contributed by atoms with Crippen molar-refractivity contribution < 1.29 is 9.53 Å². The molecule has 1 aromatic heterocycles. The van der Waals surface area contributed by atoms with Crippen molar-refractivity contribution in [3.8, 4) is 10.4 Å². The standard InChI is InChI=1S/C17H21NO2S/c1-5-20-17(19)16-14(18)13(10(2)3)15(21-16)12-9-7-6-8-11(12)4/h6-10H,5,18H2,1-4H3. The van der Waals surface area contributed by atoms with E-state index in [1.165, 1.54) is 16.9 Å². The van der Waals surface area contributed by atoms with Crippen LogP contribution in [-0.4, -0.2) is 12.6 Å². The van der Waals surface area contributed by atoms with Crippen molar-refractivity contribution in [1.29, 1.82) is 0 Å². The van der Waals surface area contributed by atoms with Gasteiger partial charge in [-0.05, 0) is 36.5 Å². The average Bonchev–Trinajstić information content (AvgIpc) is 2.77. The van der Waals surface area contributed by atoms with Crippen molar-refractivity contribution in [3.63, 3.8) is 0 Å². The molecule has 0 unspecified atom stereocenters. The van der Waals surface area contributed by atoms with Gasteiger partial charge in [0.25, 0.3) is 0 Å². The second kappa shape index (κ2) is 6.31. The van der Waals surface area contributed by atoms with Crippen molar-refractivity contribution in [2.24, 2.45) is 0 Å². The van der Waals surface area contributed by atoms with Gasteiger partial charge in [-0.1, -0.05) is 38.1 Å². The number of hydrogen-bond acceptors (Lipinski definition) is 4.